The molecule has 4 heteroatoms. The SMILES string of the molecule is CC(C)/C=C/NC(=O)NCc1ccccc1F. The number of carbonyl (C=O) groups excluding carboxylic acids is 1. The number of benzene rings is 1. The molecule has 2 N–H and O–H groups in total. The molecule has 0 aliphatic rings. The van der Waals surface area contributed by atoms with Crippen molar-refractivity contribution in [1.82, 2.24) is 10.6 Å². The van der Waals surface area contributed by atoms with Crippen LogP contribution in [0.4, 0.5) is 9.18 Å². The Balaban J connectivity index is 2.36. The Morgan fingerprint density at radius 1 is 1.41 bits per heavy atom. The summed E-state index contributed by atoms with van der Waals surface area (Å²) >= 11 is 0. The second kappa shape index (κ2) is 6.68. The van der Waals surface area contributed by atoms with Crippen LogP contribution in [0.25, 0.3) is 0 Å². The first-order chi connectivity index (χ1) is 8.09. The number of rotatable bonds is 4. The summed E-state index contributed by atoms with van der Waals surface area (Å²) in [6.07, 6.45) is 3.45. The van der Waals surface area contributed by atoms with Crippen LogP contribution in [0.5, 0.6) is 0 Å². The van der Waals surface area contributed by atoms with Gasteiger partial charge >= 0.3 is 6.03 Å². The lowest BCUT2D eigenvalue weighted by atomic mass is 10.2. The van der Waals surface area contributed by atoms with Gasteiger partial charge in [-0.3, -0.25) is 0 Å². The van der Waals surface area contributed by atoms with E-state index in [2.05, 4.69) is 10.6 Å². The quantitative estimate of drug-likeness (QED) is 0.829. The summed E-state index contributed by atoms with van der Waals surface area (Å²) in [5.74, 6) is 0.0624. The van der Waals surface area contributed by atoms with Crippen molar-refractivity contribution in [2.45, 2.75) is 20.4 Å². The minimum absolute atomic E-state index is 0.175. The van der Waals surface area contributed by atoms with Crippen molar-refractivity contribution in [2.75, 3.05) is 0 Å². The molecule has 0 radical (unpaired) electrons. The van der Waals surface area contributed by atoms with E-state index in [-0.39, 0.29) is 18.4 Å². The van der Waals surface area contributed by atoms with Crippen molar-refractivity contribution in [3.05, 3.63) is 47.9 Å². The first-order valence-electron chi connectivity index (χ1n) is 5.54. The maximum absolute atomic E-state index is 13.2. The zero-order valence-corrected chi connectivity index (χ0v) is 10.0. The second-order valence-electron chi connectivity index (χ2n) is 4.02. The molecule has 92 valence electrons. The molecule has 0 aromatic heterocycles. The molecule has 2 amide bonds. The van der Waals surface area contributed by atoms with Gasteiger partial charge < -0.3 is 10.6 Å². The number of allylic oxidation sites excluding steroid dienone is 1. The first-order valence-corrected chi connectivity index (χ1v) is 5.54. The average molecular weight is 236 g/mol. The molecule has 0 atom stereocenters. The standard InChI is InChI=1S/C13H17FN2O/c1-10(2)7-8-15-13(17)16-9-11-5-3-4-6-12(11)14/h3-8,10H,9H2,1-2H3,(H2,15,16,17)/b8-7+. The Morgan fingerprint density at radius 3 is 2.76 bits per heavy atom. The third kappa shape index (κ3) is 5.15. The van der Waals surface area contributed by atoms with Crippen molar-refractivity contribution in [1.29, 1.82) is 0 Å². The smallest absolute Gasteiger partial charge is 0.319 e. The summed E-state index contributed by atoms with van der Waals surface area (Å²) in [6, 6.07) is 6.01. The van der Waals surface area contributed by atoms with E-state index in [1.165, 1.54) is 6.07 Å². The van der Waals surface area contributed by atoms with Gasteiger partial charge in [-0.1, -0.05) is 38.1 Å². The maximum atomic E-state index is 13.2. The summed E-state index contributed by atoms with van der Waals surface area (Å²) < 4.78 is 13.2. The molecule has 1 aromatic carbocycles. The number of halogens is 1. The lowest BCUT2D eigenvalue weighted by Crippen LogP contribution is -2.31. The molecule has 17 heavy (non-hydrogen) atoms. The molecular formula is C13H17FN2O. The Hall–Kier alpha value is -1.84. The predicted molar refractivity (Wildman–Crippen MR) is 65.7 cm³/mol. The normalized spacial score (nSPS) is 10.8. The van der Waals surface area contributed by atoms with E-state index in [1.54, 1.807) is 24.4 Å². The number of hydrogen-bond donors (Lipinski definition) is 2. The fraction of sp³-hybridized carbons (Fsp3) is 0.308. The number of carbonyl (C=O) groups is 1. The first kappa shape index (κ1) is 13.2. The zero-order chi connectivity index (χ0) is 12.7. The number of nitrogens with one attached hydrogen (secondary N) is 2. The molecule has 3 nitrogen and oxygen atoms in total. The van der Waals surface area contributed by atoms with E-state index >= 15 is 0 Å². The molecule has 0 bridgehead atoms. The molecule has 0 saturated heterocycles. The fourth-order valence-corrected chi connectivity index (χ4v) is 1.18. The third-order valence-electron chi connectivity index (χ3n) is 2.09. The lowest BCUT2D eigenvalue weighted by Gasteiger charge is -2.05. The zero-order valence-electron chi connectivity index (χ0n) is 10.0. The molecular weight excluding hydrogens is 219 g/mol. The molecule has 0 aliphatic carbocycles. The lowest BCUT2D eigenvalue weighted by molar-refractivity contribution is 0.243. The summed E-state index contributed by atoms with van der Waals surface area (Å²) in [4.78, 5) is 11.3. The average Bonchev–Trinajstić information content (AvgIpc) is 2.27. The van der Waals surface area contributed by atoms with Crippen molar-refractivity contribution in [3.8, 4) is 0 Å². The summed E-state index contributed by atoms with van der Waals surface area (Å²) in [7, 11) is 0. The van der Waals surface area contributed by atoms with Gasteiger partial charge in [0.15, 0.2) is 0 Å². The van der Waals surface area contributed by atoms with Crippen LogP contribution in [0, 0.1) is 11.7 Å². The van der Waals surface area contributed by atoms with Gasteiger partial charge in [0.1, 0.15) is 5.82 Å². The van der Waals surface area contributed by atoms with Gasteiger partial charge in [0.25, 0.3) is 0 Å². The van der Waals surface area contributed by atoms with Gasteiger partial charge in [-0.25, -0.2) is 9.18 Å². The van der Waals surface area contributed by atoms with Crippen LogP contribution in [0.15, 0.2) is 36.5 Å². The Morgan fingerprint density at radius 2 is 2.12 bits per heavy atom. The van der Waals surface area contributed by atoms with E-state index in [0.717, 1.165) is 0 Å². The minimum atomic E-state index is -0.342. The van der Waals surface area contributed by atoms with Gasteiger partial charge in [0, 0.05) is 18.3 Å². The van der Waals surface area contributed by atoms with E-state index in [9.17, 15) is 9.18 Å². The van der Waals surface area contributed by atoms with Crippen LogP contribution in [-0.2, 0) is 6.54 Å². The van der Waals surface area contributed by atoms with Crippen molar-refractivity contribution >= 4 is 6.03 Å². The van der Waals surface area contributed by atoms with Crippen molar-refractivity contribution in [3.63, 3.8) is 0 Å². The van der Waals surface area contributed by atoms with Crippen molar-refractivity contribution < 1.29 is 9.18 Å². The number of urea groups is 1. The van der Waals surface area contributed by atoms with Gasteiger partial charge in [-0.05, 0) is 12.0 Å². The topological polar surface area (TPSA) is 41.1 Å². The molecule has 0 saturated carbocycles. The van der Waals surface area contributed by atoms with E-state index in [4.69, 9.17) is 0 Å². The highest BCUT2D eigenvalue weighted by molar-refractivity contribution is 5.74. The predicted octanol–water partition coefficient (Wildman–Crippen LogP) is 2.79. The molecule has 0 aliphatic heterocycles. The van der Waals surface area contributed by atoms with Crippen molar-refractivity contribution in [2.24, 2.45) is 5.92 Å². The Bertz CT molecular complexity index is 402. The number of hydrogen-bond acceptors (Lipinski definition) is 1. The summed E-state index contributed by atoms with van der Waals surface area (Å²) in [5, 5.41) is 5.12. The van der Waals surface area contributed by atoms with Crippen LogP contribution < -0.4 is 10.6 Å². The van der Waals surface area contributed by atoms with Gasteiger partial charge in [0.2, 0.25) is 0 Å². The Labute approximate surface area is 101 Å². The maximum Gasteiger partial charge on any atom is 0.319 e. The molecule has 1 aromatic rings. The van der Waals surface area contributed by atoms with E-state index in [1.807, 2.05) is 19.9 Å². The highest BCUT2D eigenvalue weighted by Crippen LogP contribution is 2.05. The molecule has 0 unspecified atom stereocenters. The van der Waals surface area contributed by atoms with Gasteiger partial charge in [0.05, 0.1) is 0 Å². The van der Waals surface area contributed by atoms with Crippen LogP contribution in [-0.4, -0.2) is 6.03 Å². The van der Waals surface area contributed by atoms with E-state index < -0.39 is 0 Å². The molecule has 1 rings (SSSR count). The number of amides is 2. The third-order valence-corrected chi connectivity index (χ3v) is 2.09. The van der Waals surface area contributed by atoms with Gasteiger partial charge in [-0.15, -0.1) is 0 Å². The van der Waals surface area contributed by atoms with Crippen LogP contribution in [0.2, 0.25) is 0 Å². The minimum Gasteiger partial charge on any atom is -0.334 e. The summed E-state index contributed by atoms with van der Waals surface area (Å²) in [6.45, 7) is 4.19. The highest BCUT2D eigenvalue weighted by atomic mass is 19.1. The molecule has 0 heterocycles. The van der Waals surface area contributed by atoms with Gasteiger partial charge in [-0.2, -0.15) is 0 Å². The highest BCUT2D eigenvalue weighted by Gasteiger charge is 2.02. The second-order valence-corrected chi connectivity index (χ2v) is 4.02. The van der Waals surface area contributed by atoms with Crippen LogP contribution >= 0.6 is 0 Å². The van der Waals surface area contributed by atoms with Crippen LogP contribution in [0.1, 0.15) is 19.4 Å². The fourth-order valence-electron chi connectivity index (χ4n) is 1.18. The largest absolute Gasteiger partial charge is 0.334 e. The molecule has 0 spiro atoms. The molecule has 0 fully saturated rings. The van der Waals surface area contributed by atoms with Crippen LogP contribution in [0.3, 0.4) is 0 Å². The van der Waals surface area contributed by atoms with E-state index in [0.29, 0.717) is 11.5 Å². The Kier molecular flexibility index (Phi) is 5.20. The summed E-state index contributed by atoms with van der Waals surface area (Å²) in [5.41, 5.74) is 0.468. The monoisotopic (exact) mass is 236 g/mol.